The normalized spacial score (nSPS) is 14.7. The number of hydrogen-bond acceptors (Lipinski definition) is 2. The van der Waals surface area contributed by atoms with Crippen molar-refractivity contribution in [1.82, 2.24) is 5.32 Å². The zero-order valence-electron chi connectivity index (χ0n) is 11.5. The molecule has 0 bridgehead atoms. The van der Waals surface area contributed by atoms with E-state index in [0.717, 1.165) is 18.6 Å². The highest BCUT2D eigenvalue weighted by Crippen LogP contribution is 2.29. The fourth-order valence-electron chi connectivity index (χ4n) is 1.68. The molecule has 20 heavy (non-hydrogen) atoms. The van der Waals surface area contributed by atoms with Crippen LogP contribution in [0.1, 0.15) is 31.4 Å². The average molecular weight is 288 g/mol. The zero-order chi connectivity index (χ0) is 15.3. The fraction of sp³-hybridized carbons (Fsp3) is 0.500. The fourth-order valence-corrected chi connectivity index (χ4v) is 1.68. The van der Waals surface area contributed by atoms with E-state index >= 15 is 0 Å². The van der Waals surface area contributed by atoms with Crippen LogP contribution in [0.15, 0.2) is 24.3 Å². The van der Waals surface area contributed by atoms with E-state index in [1.165, 1.54) is 12.1 Å². The highest BCUT2D eigenvalue weighted by Gasteiger charge is 2.30. The predicted molar refractivity (Wildman–Crippen MR) is 70.7 cm³/mol. The first kappa shape index (κ1) is 16.5. The summed E-state index contributed by atoms with van der Waals surface area (Å²) in [5.41, 5.74) is 5.41. The van der Waals surface area contributed by atoms with Gasteiger partial charge in [0.25, 0.3) is 0 Å². The monoisotopic (exact) mass is 288 g/mol. The minimum atomic E-state index is -4.38. The van der Waals surface area contributed by atoms with Gasteiger partial charge in [-0.2, -0.15) is 13.2 Å². The van der Waals surface area contributed by atoms with Gasteiger partial charge >= 0.3 is 6.18 Å². The lowest BCUT2D eigenvalue weighted by molar-refractivity contribution is -0.137. The molecule has 0 saturated heterocycles. The molecule has 1 aromatic carbocycles. The van der Waals surface area contributed by atoms with Crippen LogP contribution in [0.4, 0.5) is 13.2 Å². The summed E-state index contributed by atoms with van der Waals surface area (Å²) in [6.45, 7) is 3.81. The molecular formula is C14H19F3N2O. The van der Waals surface area contributed by atoms with Crippen LogP contribution in [0.5, 0.6) is 0 Å². The molecule has 1 aromatic rings. The first-order valence-corrected chi connectivity index (χ1v) is 6.45. The Bertz CT molecular complexity index is 460. The third-order valence-corrected chi connectivity index (χ3v) is 3.28. The Kier molecular flexibility index (Phi) is 5.56. The molecule has 1 unspecified atom stereocenters. The van der Waals surface area contributed by atoms with E-state index in [9.17, 15) is 18.0 Å². The van der Waals surface area contributed by atoms with E-state index in [1.54, 1.807) is 0 Å². The van der Waals surface area contributed by atoms with Crippen LogP contribution >= 0.6 is 0 Å². The number of carbonyl (C=O) groups is 1. The van der Waals surface area contributed by atoms with Crippen LogP contribution in [-0.2, 0) is 17.5 Å². The minimum absolute atomic E-state index is 0.0245. The molecule has 0 radical (unpaired) electrons. The third-order valence-electron chi connectivity index (χ3n) is 3.28. The Morgan fingerprint density at radius 3 is 2.60 bits per heavy atom. The van der Waals surface area contributed by atoms with Crippen molar-refractivity contribution in [3.63, 3.8) is 0 Å². The minimum Gasteiger partial charge on any atom is -0.351 e. The SMILES string of the molecule is CCC(C)[C@H](N)C(=O)NCc1cccc(C(F)(F)F)c1. The molecule has 0 aromatic heterocycles. The van der Waals surface area contributed by atoms with Gasteiger partial charge in [0.1, 0.15) is 0 Å². The van der Waals surface area contributed by atoms with Crippen molar-refractivity contribution >= 4 is 5.91 Å². The Hall–Kier alpha value is -1.56. The van der Waals surface area contributed by atoms with Gasteiger partial charge in [0, 0.05) is 6.54 Å². The number of carbonyl (C=O) groups excluding carboxylic acids is 1. The maximum absolute atomic E-state index is 12.5. The number of benzene rings is 1. The summed E-state index contributed by atoms with van der Waals surface area (Å²) in [5, 5.41) is 2.56. The van der Waals surface area contributed by atoms with Gasteiger partial charge in [0.05, 0.1) is 11.6 Å². The molecule has 6 heteroatoms. The van der Waals surface area contributed by atoms with Gasteiger partial charge in [-0.15, -0.1) is 0 Å². The van der Waals surface area contributed by atoms with Crippen LogP contribution in [0, 0.1) is 5.92 Å². The quantitative estimate of drug-likeness (QED) is 0.875. The molecule has 112 valence electrons. The van der Waals surface area contributed by atoms with E-state index in [4.69, 9.17) is 5.73 Å². The van der Waals surface area contributed by atoms with Gasteiger partial charge in [0.2, 0.25) is 5.91 Å². The Morgan fingerprint density at radius 2 is 2.05 bits per heavy atom. The predicted octanol–water partition coefficient (Wildman–Crippen LogP) is 2.70. The van der Waals surface area contributed by atoms with Crippen molar-refractivity contribution < 1.29 is 18.0 Å². The molecule has 0 aliphatic carbocycles. The van der Waals surface area contributed by atoms with Gasteiger partial charge in [-0.3, -0.25) is 4.79 Å². The van der Waals surface area contributed by atoms with Crippen molar-refractivity contribution in [1.29, 1.82) is 0 Å². The lowest BCUT2D eigenvalue weighted by Gasteiger charge is -2.18. The lowest BCUT2D eigenvalue weighted by atomic mass is 9.99. The summed E-state index contributed by atoms with van der Waals surface area (Å²) in [4.78, 5) is 11.7. The number of hydrogen-bond donors (Lipinski definition) is 2. The van der Waals surface area contributed by atoms with Crippen molar-refractivity contribution in [2.24, 2.45) is 11.7 Å². The smallest absolute Gasteiger partial charge is 0.351 e. The van der Waals surface area contributed by atoms with Crippen LogP contribution in [0.25, 0.3) is 0 Å². The highest BCUT2D eigenvalue weighted by molar-refractivity contribution is 5.81. The largest absolute Gasteiger partial charge is 0.416 e. The lowest BCUT2D eigenvalue weighted by Crippen LogP contribution is -2.44. The Labute approximate surface area is 116 Å². The van der Waals surface area contributed by atoms with Crippen LogP contribution in [0.2, 0.25) is 0 Å². The molecule has 3 nitrogen and oxygen atoms in total. The van der Waals surface area contributed by atoms with E-state index in [0.29, 0.717) is 5.56 Å². The number of nitrogens with one attached hydrogen (secondary N) is 1. The van der Waals surface area contributed by atoms with Gasteiger partial charge < -0.3 is 11.1 Å². The molecule has 2 atom stereocenters. The molecule has 3 N–H and O–H groups in total. The third kappa shape index (κ3) is 4.52. The number of rotatable bonds is 5. The molecule has 0 saturated carbocycles. The molecule has 0 aliphatic heterocycles. The first-order valence-electron chi connectivity index (χ1n) is 6.45. The van der Waals surface area contributed by atoms with Crippen molar-refractivity contribution in [3.05, 3.63) is 35.4 Å². The number of alkyl halides is 3. The van der Waals surface area contributed by atoms with E-state index < -0.39 is 17.8 Å². The molecule has 0 fully saturated rings. The summed E-state index contributed by atoms with van der Waals surface area (Å²) in [7, 11) is 0. The average Bonchev–Trinajstić information content (AvgIpc) is 2.42. The first-order chi connectivity index (χ1) is 9.25. The summed E-state index contributed by atoms with van der Waals surface area (Å²) in [6, 6.07) is 4.22. The van der Waals surface area contributed by atoms with Crippen molar-refractivity contribution in [3.8, 4) is 0 Å². The second-order valence-corrected chi connectivity index (χ2v) is 4.83. The van der Waals surface area contributed by atoms with E-state index in [-0.39, 0.29) is 18.4 Å². The van der Waals surface area contributed by atoms with Gasteiger partial charge in [-0.1, -0.05) is 32.4 Å². The molecule has 0 aliphatic rings. The standard InChI is InChI=1S/C14H19F3N2O/c1-3-9(2)12(18)13(20)19-8-10-5-4-6-11(7-10)14(15,16)17/h4-7,9,12H,3,8,18H2,1-2H3,(H,19,20)/t9?,12-/m0/s1. The molecule has 1 rings (SSSR count). The van der Waals surface area contributed by atoms with Gasteiger partial charge in [-0.25, -0.2) is 0 Å². The second kappa shape index (κ2) is 6.74. The van der Waals surface area contributed by atoms with Crippen LogP contribution in [-0.4, -0.2) is 11.9 Å². The maximum atomic E-state index is 12.5. The van der Waals surface area contributed by atoms with Crippen LogP contribution in [0.3, 0.4) is 0 Å². The number of amides is 1. The van der Waals surface area contributed by atoms with Crippen molar-refractivity contribution in [2.75, 3.05) is 0 Å². The Morgan fingerprint density at radius 1 is 1.40 bits per heavy atom. The summed E-state index contributed by atoms with van der Waals surface area (Å²) in [6.07, 6.45) is -3.62. The maximum Gasteiger partial charge on any atom is 0.416 e. The summed E-state index contributed by atoms with van der Waals surface area (Å²) in [5.74, 6) is -0.326. The summed E-state index contributed by atoms with van der Waals surface area (Å²) >= 11 is 0. The summed E-state index contributed by atoms with van der Waals surface area (Å²) < 4.78 is 37.6. The molecule has 0 heterocycles. The van der Waals surface area contributed by atoms with Crippen molar-refractivity contribution in [2.45, 2.75) is 39.0 Å². The molecular weight excluding hydrogens is 269 g/mol. The topological polar surface area (TPSA) is 55.1 Å². The number of halogens is 3. The van der Waals surface area contributed by atoms with Gasteiger partial charge in [-0.05, 0) is 23.6 Å². The second-order valence-electron chi connectivity index (χ2n) is 4.83. The van der Waals surface area contributed by atoms with E-state index in [2.05, 4.69) is 5.32 Å². The number of nitrogens with two attached hydrogens (primary N) is 1. The Balaban J connectivity index is 2.64. The molecule has 1 amide bonds. The van der Waals surface area contributed by atoms with Gasteiger partial charge in [0.15, 0.2) is 0 Å². The zero-order valence-corrected chi connectivity index (χ0v) is 11.5. The van der Waals surface area contributed by atoms with Crippen LogP contribution < -0.4 is 11.1 Å². The van der Waals surface area contributed by atoms with E-state index in [1.807, 2.05) is 13.8 Å². The highest BCUT2D eigenvalue weighted by atomic mass is 19.4. The molecule has 0 spiro atoms.